The summed E-state index contributed by atoms with van der Waals surface area (Å²) in [6, 6.07) is 2.66. The van der Waals surface area contributed by atoms with Crippen molar-refractivity contribution in [2.75, 3.05) is 6.54 Å². The lowest BCUT2D eigenvalue weighted by Gasteiger charge is -2.25. The highest BCUT2D eigenvalue weighted by molar-refractivity contribution is 6.09. The molecule has 1 atom stereocenters. The van der Waals surface area contributed by atoms with Gasteiger partial charge in [-0.15, -0.1) is 0 Å². The molecule has 24 heavy (non-hydrogen) atoms. The lowest BCUT2D eigenvalue weighted by atomic mass is 9.88. The SMILES string of the molecule is CCCC1(CCC)NC(=O)N(CC(=O)NC(C)c2ccco2)C1=O. The minimum atomic E-state index is -0.868. The van der Waals surface area contributed by atoms with Gasteiger partial charge in [-0.05, 0) is 31.9 Å². The van der Waals surface area contributed by atoms with Gasteiger partial charge in [-0.25, -0.2) is 4.79 Å². The number of urea groups is 1. The van der Waals surface area contributed by atoms with Crippen LogP contribution in [0.2, 0.25) is 0 Å². The molecule has 1 unspecified atom stereocenters. The van der Waals surface area contributed by atoms with Crippen LogP contribution in [0.25, 0.3) is 0 Å². The number of hydrogen-bond acceptors (Lipinski definition) is 4. The van der Waals surface area contributed by atoms with Crippen molar-refractivity contribution in [3.8, 4) is 0 Å². The predicted octanol–water partition coefficient (Wildman–Crippen LogP) is 2.35. The highest BCUT2D eigenvalue weighted by Gasteiger charge is 2.50. The molecular weight excluding hydrogens is 310 g/mol. The first-order valence-corrected chi connectivity index (χ1v) is 8.40. The number of carbonyl (C=O) groups is 3. The minimum Gasteiger partial charge on any atom is -0.467 e. The second-order valence-electron chi connectivity index (χ2n) is 6.21. The monoisotopic (exact) mass is 335 g/mol. The van der Waals surface area contributed by atoms with Crippen molar-refractivity contribution >= 4 is 17.8 Å². The van der Waals surface area contributed by atoms with Gasteiger partial charge in [0.1, 0.15) is 17.8 Å². The molecule has 0 bridgehead atoms. The van der Waals surface area contributed by atoms with Gasteiger partial charge in [0.15, 0.2) is 0 Å². The summed E-state index contributed by atoms with van der Waals surface area (Å²) in [5.74, 6) is -0.0879. The van der Waals surface area contributed by atoms with E-state index in [1.165, 1.54) is 6.26 Å². The van der Waals surface area contributed by atoms with Crippen molar-refractivity contribution in [3.05, 3.63) is 24.2 Å². The molecule has 1 aromatic heterocycles. The fraction of sp³-hybridized carbons (Fsp3) is 0.588. The van der Waals surface area contributed by atoms with Crippen LogP contribution in [0.5, 0.6) is 0 Å². The molecule has 0 radical (unpaired) electrons. The molecule has 0 aromatic carbocycles. The molecule has 0 aliphatic carbocycles. The van der Waals surface area contributed by atoms with Crippen LogP contribution < -0.4 is 10.6 Å². The summed E-state index contributed by atoms with van der Waals surface area (Å²) in [6.45, 7) is 5.43. The molecule has 1 aliphatic heterocycles. The van der Waals surface area contributed by atoms with Crippen LogP contribution in [0, 0.1) is 0 Å². The van der Waals surface area contributed by atoms with E-state index < -0.39 is 17.5 Å². The van der Waals surface area contributed by atoms with E-state index >= 15 is 0 Å². The molecule has 7 nitrogen and oxygen atoms in total. The Kier molecular flexibility index (Phi) is 5.64. The quantitative estimate of drug-likeness (QED) is 0.713. The maximum Gasteiger partial charge on any atom is 0.325 e. The number of nitrogens with one attached hydrogen (secondary N) is 2. The number of rotatable bonds is 8. The number of carbonyl (C=O) groups excluding carboxylic acids is 3. The largest absolute Gasteiger partial charge is 0.467 e. The molecule has 1 aromatic rings. The molecule has 2 heterocycles. The first kappa shape index (κ1) is 18.0. The van der Waals surface area contributed by atoms with Gasteiger partial charge in [0, 0.05) is 0 Å². The summed E-state index contributed by atoms with van der Waals surface area (Å²) in [5.41, 5.74) is -0.868. The zero-order chi connectivity index (χ0) is 17.7. The summed E-state index contributed by atoms with van der Waals surface area (Å²) in [4.78, 5) is 38.1. The van der Waals surface area contributed by atoms with Gasteiger partial charge in [-0.2, -0.15) is 0 Å². The number of nitrogens with zero attached hydrogens (tertiary/aromatic N) is 1. The van der Waals surface area contributed by atoms with Gasteiger partial charge in [0.05, 0.1) is 12.3 Å². The Hall–Kier alpha value is -2.31. The normalized spacial score (nSPS) is 17.7. The molecule has 0 saturated carbocycles. The van der Waals surface area contributed by atoms with Crippen molar-refractivity contribution in [1.29, 1.82) is 0 Å². The number of imide groups is 1. The first-order valence-electron chi connectivity index (χ1n) is 8.40. The van der Waals surface area contributed by atoms with E-state index in [9.17, 15) is 14.4 Å². The van der Waals surface area contributed by atoms with Gasteiger partial charge in [0.2, 0.25) is 5.91 Å². The van der Waals surface area contributed by atoms with E-state index in [0.29, 0.717) is 18.6 Å². The van der Waals surface area contributed by atoms with E-state index in [1.807, 2.05) is 13.8 Å². The zero-order valence-electron chi connectivity index (χ0n) is 14.4. The van der Waals surface area contributed by atoms with Crippen LogP contribution in [-0.4, -0.2) is 34.8 Å². The van der Waals surface area contributed by atoms with E-state index in [2.05, 4.69) is 10.6 Å². The van der Waals surface area contributed by atoms with Gasteiger partial charge in [-0.3, -0.25) is 14.5 Å². The van der Waals surface area contributed by atoms with Gasteiger partial charge >= 0.3 is 6.03 Å². The second kappa shape index (κ2) is 7.51. The predicted molar refractivity (Wildman–Crippen MR) is 88.1 cm³/mol. The average Bonchev–Trinajstić information content (AvgIpc) is 3.12. The summed E-state index contributed by atoms with van der Waals surface area (Å²) >= 11 is 0. The molecule has 1 fully saturated rings. The smallest absolute Gasteiger partial charge is 0.325 e. The Morgan fingerprint density at radius 2 is 2.00 bits per heavy atom. The summed E-state index contributed by atoms with van der Waals surface area (Å²) in [6.07, 6.45) is 4.24. The number of furan rings is 1. The Morgan fingerprint density at radius 3 is 2.54 bits per heavy atom. The third-order valence-electron chi connectivity index (χ3n) is 4.25. The van der Waals surface area contributed by atoms with Crippen molar-refractivity contribution in [1.82, 2.24) is 15.5 Å². The van der Waals surface area contributed by atoms with Crippen LogP contribution in [0.15, 0.2) is 22.8 Å². The van der Waals surface area contributed by atoms with Crippen LogP contribution in [0.4, 0.5) is 4.79 Å². The summed E-state index contributed by atoms with van der Waals surface area (Å²) < 4.78 is 5.23. The van der Waals surface area contributed by atoms with E-state index in [0.717, 1.165) is 17.7 Å². The molecule has 7 heteroatoms. The summed E-state index contributed by atoms with van der Waals surface area (Å²) in [7, 11) is 0. The third kappa shape index (κ3) is 3.60. The maximum atomic E-state index is 12.7. The first-order chi connectivity index (χ1) is 11.4. The third-order valence-corrected chi connectivity index (χ3v) is 4.25. The minimum absolute atomic E-state index is 0.287. The lowest BCUT2D eigenvalue weighted by molar-refractivity contribution is -0.135. The van der Waals surface area contributed by atoms with Crippen molar-refractivity contribution in [2.45, 2.75) is 58.0 Å². The average molecular weight is 335 g/mol. The lowest BCUT2D eigenvalue weighted by Crippen LogP contribution is -2.47. The summed E-state index contributed by atoms with van der Waals surface area (Å²) in [5, 5.41) is 5.53. The molecule has 2 rings (SSSR count). The van der Waals surface area contributed by atoms with Crippen molar-refractivity contribution in [2.24, 2.45) is 0 Å². The number of amides is 4. The Balaban J connectivity index is 2.02. The maximum absolute atomic E-state index is 12.7. The van der Waals surface area contributed by atoms with E-state index in [4.69, 9.17) is 4.42 Å². The van der Waals surface area contributed by atoms with E-state index in [-0.39, 0.29) is 18.5 Å². The topological polar surface area (TPSA) is 91.7 Å². The van der Waals surface area contributed by atoms with Crippen molar-refractivity contribution < 1.29 is 18.8 Å². The van der Waals surface area contributed by atoms with Gasteiger partial charge in [-0.1, -0.05) is 26.7 Å². The fourth-order valence-electron chi connectivity index (χ4n) is 3.18. The Labute approximate surface area is 141 Å². The molecule has 0 spiro atoms. The van der Waals surface area contributed by atoms with Crippen LogP contribution in [0.3, 0.4) is 0 Å². The molecule has 132 valence electrons. The van der Waals surface area contributed by atoms with Crippen LogP contribution >= 0.6 is 0 Å². The second-order valence-corrected chi connectivity index (χ2v) is 6.21. The van der Waals surface area contributed by atoms with Crippen LogP contribution in [0.1, 0.15) is 58.3 Å². The molecule has 4 amide bonds. The van der Waals surface area contributed by atoms with Gasteiger partial charge < -0.3 is 15.1 Å². The Bertz CT molecular complexity index is 591. The van der Waals surface area contributed by atoms with E-state index in [1.54, 1.807) is 19.1 Å². The van der Waals surface area contributed by atoms with Crippen molar-refractivity contribution in [3.63, 3.8) is 0 Å². The molecular formula is C17H25N3O4. The molecule has 1 aliphatic rings. The fourth-order valence-corrected chi connectivity index (χ4v) is 3.18. The highest BCUT2D eigenvalue weighted by Crippen LogP contribution is 2.28. The molecule has 1 saturated heterocycles. The molecule has 2 N–H and O–H groups in total. The zero-order valence-corrected chi connectivity index (χ0v) is 14.4. The Morgan fingerprint density at radius 1 is 1.33 bits per heavy atom. The standard InChI is InChI=1S/C17H25N3O4/c1-4-8-17(9-5-2)15(22)20(16(23)19-17)11-14(21)18-12(3)13-7-6-10-24-13/h6-7,10,12H,4-5,8-9,11H2,1-3H3,(H,18,21)(H,19,23). The number of hydrogen-bond donors (Lipinski definition) is 2. The van der Waals surface area contributed by atoms with Crippen LogP contribution in [-0.2, 0) is 9.59 Å². The highest BCUT2D eigenvalue weighted by atomic mass is 16.3. The van der Waals surface area contributed by atoms with Gasteiger partial charge in [0.25, 0.3) is 5.91 Å².